The highest BCUT2D eigenvalue weighted by molar-refractivity contribution is 6.71. The molecule has 0 aliphatic carbocycles. The monoisotopic (exact) mass is 265 g/mol. The fraction of sp³-hybridized carbons (Fsp3) is 0.500. The highest BCUT2D eigenvalue weighted by atomic mass is 28.4. The average Bonchev–Trinajstić information content (AvgIpc) is 2.34. The molecule has 1 rings (SSSR count). The number of nitriles is 1. The lowest BCUT2D eigenvalue weighted by atomic mass is 10.1. The molecule has 0 spiro atoms. The quantitative estimate of drug-likeness (QED) is 0.721. The molecule has 18 heavy (non-hydrogen) atoms. The van der Waals surface area contributed by atoms with Gasteiger partial charge >= 0.3 is 0 Å². The van der Waals surface area contributed by atoms with E-state index in [0.717, 1.165) is 11.6 Å². The number of benzene rings is 1. The summed E-state index contributed by atoms with van der Waals surface area (Å²) in [6.45, 7) is 6.97. The highest BCUT2D eigenvalue weighted by Crippen LogP contribution is 2.18. The highest BCUT2D eigenvalue weighted by Gasteiger charge is 2.21. The van der Waals surface area contributed by atoms with Crippen molar-refractivity contribution in [1.29, 1.82) is 5.26 Å². The molecule has 0 amide bonds. The Labute approximate surface area is 110 Å². The molecule has 0 heterocycles. The van der Waals surface area contributed by atoms with Crippen molar-refractivity contribution in [3.63, 3.8) is 0 Å². The zero-order valence-electron chi connectivity index (χ0n) is 11.3. The molecule has 0 aromatic heterocycles. The number of hydrogen-bond acceptors (Lipinski definition) is 2. The largest absolute Gasteiger partial charge is 0.413 e. The summed E-state index contributed by atoms with van der Waals surface area (Å²) in [7, 11) is -1.63. The van der Waals surface area contributed by atoms with Gasteiger partial charge in [-0.3, -0.25) is 0 Å². The second kappa shape index (κ2) is 6.67. The fourth-order valence-electron chi connectivity index (χ4n) is 1.69. The van der Waals surface area contributed by atoms with Crippen LogP contribution in [0.2, 0.25) is 19.1 Å². The first-order valence-corrected chi connectivity index (χ1v) is 9.42. The molecule has 0 saturated heterocycles. The van der Waals surface area contributed by atoms with Gasteiger partial charge in [-0.2, -0.15) is 5.26 Å². The molecule has 1 aromatic rings. The van der Waals surface area contributed by atoms with Crippen molar-refractivity contribution in [2.75, 3.05) is 0 Å². The van der Waals surface area contributed by atoms with E-state index in [1.807, 2.05) is 6.07 Å². The number of hydrogen-bond donors (Lipinski definition) is 0. The molecule has 2 nitrogen and oxygen atoms in total. The Bertz CT molecular complexity index is 440. The molecule has 1 aromatic carbocycles. The summed E-state index contributed by atoms with van der Waals surface area (Å²) >= 11 is 0. The van der Waals surface area contributed by atoms with Crippen LogP contribution in [0.3, 0.4) is 0 Å². The zero-order valence-corrected chi connectivity index (χ0v) is 12.3. The molecule has 98 valence electrons. The molecule has 0 aliphatic heterocycles. The van der Waals surface area contributed by atoms with Gasteiger partial charge in [-0.15, -0.1) is 0 Å². The van der Waals surface area contributed by atoms with Gasteiger partial charge in [0.25, 0.3) is 0 Å². The number of halogens is 1. The van der Waals surface area contributed by atoms with Crippen LogP contribution in [0.5, 0.6) is 0 Å². The summed E-state index contributed by atoms with van der Waals surface area (Å²) in [5.74, 6) is -0.466. The van der Waals surface area contributed by atoms with E-state index >= 15 is 0 Å². The van der Waals surface area contributed by atoms with Crippen LogP contribution in [0.4, 0.5) is 4.39 Å². The lowest BCUT2D eigenvalue weighted by molar-refractivity contribution is 0.293. The van der Waals surface area contributed by atoms with Gasteiger partial charge in [-0.1, -0.05) is 25.8 Å². The van der Waals surface area contributed by atoms with Crippen molar-refractivity contribution >= 4 is 8.32 Å². The van der Waals surface area contributed by atoms with Crippen molar-refractivity contribution in [3.8, 4) is 6.07 Å². The third-order valence-electron chi connectivity index (χ3n) is 2.92. The summed E-state index contributed by atoms with van der Waals surface area (Å²) in [6.07, 6.45) is 2.35. The van der Waals surface area contributed by atoms with E-state index in [4.69, 9.17) is 9.69 Å². The molecule has 4 heteroatoms. The molecule has 0 aliphatic rings. The maximum absolute atomic E-state index is 13.4. The van der Waals surface area contributed by atoms with E-state index in [9.17, 15) is 4.39 Å². The predicted octanol–water partition coefficient (Wildman–Crippen LogP) is 4.22. The van der Waals surface area contributed by atoms with Crippen molar-refractivity contribution in [3.05, 3.63) is 35.1 Å². The Morgan fingerprint density at radius 1 is 1.39 bits per heavy atom. The zero-order chi connectivity index (χ0) is 13.6. The van der Waals surface area contributed by atoms with Crippen molar-refractivity contribution in [2.24, 2.45) is 0 Å². The Morgan fingerprint density at radius 3 is 2.67 bits per heavy atom. The fourth-order valence-corrected chi connectivity index (χ4v) is 3.60. The van der Waals surface area contributed by atoms with Crippen molar-refractivity contribution in [2.45, 2.75) is 45.5 Å². The van der Waals surface area contributed by atoms with E-state index < -0.39 is 14.1 Å². The van der Waals surface area contributed by atoms with Crippen LogP contribution in [-0.4, -0.2) is 8.32 Å². The molecule has 0 saturated carbocycles. The third-order valence-corrected chi connectivity index (χ3v) is 5.40. The van der Waals surface area contributed by atoms with E-state index in [1.54, 1.807) is 6.07 Å². The molecule has 0 fully saturated rings. The summed E-state index contributed by atoms with van der Waals surface area (Å²) in [6, 6.07) is 7.60. The van der Waals surface area contributed by atoms with E-state index in [2.05, 4.69) is 20.0 Å². The lowest BCUT2D eigenvalue weighted by Crippen LogP contribution is -2.29. The Kier molecular flexibility index (Phi) is 5.51. The van der Waals surface area contributed by atoms with Gasteiger partial charge in [0.15, 0.2) is 8.32 Å². The molecule has 0 unspecified atom stereocenters. The van der Waals surface area contributed by atoms with Gasteiger partial charge in [0.1, 0.15) is 11.9 Å². The first-order valence-electron chi connectivity index (χ1n) is 6.31. The Balaban J connectivity index is 2.58. The molecular formula is C14H20FNOSi. The summed E-state index contributed by atoms with van der Waals surface area (Å²) in [5, 5.41) is 8.65. The number of unbranched alkanes of at least 4 members (excludes halogenated alkanes) is 1. The van der Waals surface area contributed by atoms with E-state index in [1.165, 1.54) is 25.0 Å². The normalized spacial score (nSPS) is 11.3. The number of rotatable bonds is 6. The molecule has 0 bridgehead atoms. The SMILES string of the molecule is CCCC[Si](C)(C)OCc1ccc(C#N)c(F)c1. The smallest absolute Gasteiger partial charge is 0.187 e. The first kappa shape index (κ1) is 14.9. The van der Waals surface area contributed by atoms with Gasteiger partial charge in [0.2, 0.25) is 0 Å². The summed E-state index contributed by atoms with van der Waals surface area (Å²) in [5.41, 5.74) is 0.879. The second-order valence-corrected chi connectivity index (χ2v) is 9.39. The summed E-state index contributed by atoms with van der Waals surface area (Å²) in [4.78, 5) is 0. The third kappa shape index (κ3) is 4.59. The van der Waals surface area contributed by atoms with Crippen LogP contribution in [-0.2, 0) is 11.0 Å². The van der Waals surface area contributed by atoms with Gasteiger partial charge < -0.3 is 4.43 Å². The van der Waals surface area contributed by atoms with Gasteiger partial charge in [-0.05, 0) is 36.8 Å². The minimum Gasteiger partial charge on any atom is -0.413 e. The molecule has 0 N–H and O–H groups in total. The average molecular weight is 265 g/mol. The van der Waals surface area contributed by atoms with Crippen LogP contribution in [0, 0.1) is 17.1 Å². The van der Waals surface area contributed by atoms with Gasteiger partial charge in [0.05, 0.1) is 12.2 Å². The molecule has 0 atom stereocenters. The molecular weight excluding hydrogens is 245 g/mol. The summed E-state index contributed by atoms with van der Waals surface area (Å²) < 4.78 is 19.3. The van der Waals surface area contributed by atoms with Crippen molar-refractivity contribution < 1.29 is 8.82 Å². The minimum absolute atomic E-state index is 0.0845. The number of nitrogens with zero attached hydrogens (tertiary/aromatic N) is 1. The maximum Gasteiger partial charge on any atom is 0.187 e. The van der Waals surface area contributed by atoms with Gasteiger partial charge in [0, 0.05) is 0 Å². The molecule has 0 radical (unpaired) electrons. The second-order valence-electron chi connectivity index (χ2n) is 5.08. The predicted molar refractivity (Wildman–Crippen MR) is 73.1 cm³/mol. The topological polar surface area (TPSA) is 33.0 Å². The van der Waals surface area contributed by atoms with E-state index in [-0.39, 0.29) is 5.56 Å². The first-order chi connectivity index (χ1) is 8.48. The van der Waals surface area contributed by atoms with Gasteiger partial charge in [-0.25, -0.2) is 4.39 Å². The minimum atomic E-state index is -1.63. The van der Waals surface area contributed by atoms with Crippen LogP contribution in [0.25, 0.3) is 0 Å². The van der Waals surface area contributed by atoms with Crippen LogP contribution in [0.15, 0.2) is 18.2 Å². The van der Waals surface area contributed by atoms with Crippen molar-refractivity contribution in [1.82, 2.24) is 0 Å². The Morgan fingerprint density at radius 2 is 2.11 bits per heavy atom. The van der Waals surface area contributed by atoms with Crippen LogP contribution >= 0.6 is 0 Å². The standard InChI is InChI=1S/C14H20FNOSi/c1-4-5-8-18(2,3)17-11-12-6-7-13(10-16)14(15)9-12/h6-7,9H,4-5,8,11H2,1-3H3. The maximum atomic E-state index is 13.4. The van der Waals surface area contributed by atoms with Crippen LogP contribution in [0.1, 0.15) is 30.9 Å². The Hall–Kier alpha value is -1.18. The lowest BCUT2D eigenvalue weighted by Gasteiger charge is -2.22. The van der Waals surface area contributed by atoms with E-state index in [0.29, 0.717) is 6.61 Å². The van der Waals surface area contributed by atoms with Crippen LogP contribution < -0.4 is 0 Å².